The van der Waals surface area contributed by atoms with Crippen LogP contribution >= 0.6 is 11.3 Å². The number of primary amides is 1. The lowest BCUT2D eigenvalue weighted by Crippen LogP contribution is -2.30. The maximum atomic E-state index is 14.8. The van der Waals surface area contributed by atoms with E-state index in [1.165, 1.54) is 17.4 Å². The van der Waals surface area contributed by atoms with Gasteiger partial charge < -0.3 is 31.9 Å². The molecule has 3 aromatic rings. The molecule has 0 aliphatic heterocycles. The fourth-order valence-corrected chi connectivity index (χ4v) is 4.36. The summed E-state index contributed by atoms with van der Waals surface area (Å²) in [5, 5.41) is 27.0. The number of rotatable bonds is 11. The topological polar surface area (TPSA) is 150 Å². The molecule has 0 radical (unpaired) electrons. The predicted octanol–water partition coefficient (Wildman–Crippen LogP) is 3.07. The SMILES string of the molecule is CC(O)Cc1ccc(-c2cc(C(N)=O)c(Nc3cccc(CNCCNC(=O)O)n3)s2)c(F)c1. The van der Waals surface area contributed by atoms with Crippen molar-refractivity contribution in [2.75, 3.05) is 18.4 Å². The van der Waals surface area contributed by atoms with Gasteiger partial charge in [-0.3, -0.25) is 4.79 Å². The van der Waals surface area contributed by atoms with Crippen LogP contribution in [0.4, 0.5) is 20.0 Å². The molecule has 34 heavy (non-hydrogen) atoms. The van der Waals surface area contributed by atoms with Crippen LogP contribution in [0.5, 0.6) is 0 Å². The lowest BCUT2D eigenvalue weighted by molar-refractivity contribution is 0.100. The molecule has 9 nitrogen and oxygen atoms in total. The minimum absolute atomic E-state index is 0.220. The summed E-state index contributed by atoms with van der Waals surface area (Å²) in [5.41, 5.74) is 7.48. The van der Waals surface area contributed by atoms with E-state index < -0.39 is 23.9 Å². The van der Waals surface area contributed by atoms with Gasteiger partial charge in [0, 0.05) is 30.1 Å². The van der Waals surface area contributed by atoms with Gasteiger partial charge in [-0.05, 0) is 43.2 Å². The number of nitrogens with one attached hydrogen (secondary N) is 3. The molecular weight excluding hydrogens is 461 g/mol. The Kier molecular flexibility index (Phi) is 8.52. The van der Waals surface area contributed by atoms with Crippen LogP contribution in [-0.4, -0.2) is 46.4 Å². The van der Waals surface area contributed by atoms with Gasteiger partial charge in [0.25, 0.3) is 5.91 Å². The monoisotopic (exact) mass is 487 g/mol. The molecule has 0 saturated heterocycles. The summed E-state index contributed by atoms with van der Waals surface area (Å²) in [7, 11) is 0. The molecule has 180 valence electrons. The fourth-order valence-electron chi connectivity index (χ4n) is 3.26. The van der Waals surface area contributed by atoms with Gasteiger partial charge in [-0.15, -0.1) is 11.3 Å². The van der Waals surface area contributed by atoms with Crippen LogP contribution in [0.2, 0.25) is 0 Å². The van der Waals surface area contributed by atoms with E-state index >= 15 is 0 Å². The molecule has 0 bridgehead atoms. The first kappa shape index (κ1) is 25.1. The molecular formula is C23H26FN5O4S. The molecule has 0 aliphatic carbocycles. The summed E-state index contributed by atoms with van der Waals surface area (Å²) >= 11 is 1.18. The predicted molar refractivity (Wildman–Crippen MR) is 129 cm³/mol. The molecule has 2 aromatic heterocycles. The van der Waals surface area contributed by atoms with Gasteiger partial charge in [0.2, 0.25) is 0 Å². The van der Waals surface area contributed by atoms with Crippen molar-refractivity contribution in [2.24, 2.45) is 5.73 Å². The van der Waals surface area contributed by atoms with Crippen LogP contribution < -0.4 is 21.7 Å². The summed E-state index contributed by atoms with van der Waals surface area (Å²) in [4.78, 5) is 27.5. The van der Waals surface area contributed by atoms with Gasteiger partial charge >= 0.3 is 6.09 Å². The van der Waals surface area contributed by atoms with Crippen molar-refractivity contribution in [3.05, 3.63) is 65.1 Å². The highest BCUT2D eigenvalue weighted by Crippen LogP contribution is 2.38. The Bertz CT molecular complexity index is 1170. The average molecular weight is 488 g/mol. The zero-order valence-corrected chi connectivity index (χ0v) is 19.3. The van der Waals surface area contributed by atoms with E-state index in [-0.39, 0.29) is 12.1 Å². The number of thiophene rings is 1. The Labute approximate surface area is 199 Å². The summed E-state index contributed by atoms with van der Waals surface area (Å²) in [6, 6.07) is 11.6. The maximum Gasteiger partial charge on any atom is 0.404 e. The van der Waals surface area contributed by atoms with E-state index in [4.69, 9.17) is 10.8 Å². The molecule has 0 fully saturated rings. The Morgan fingerprint density at radius 2 is 2.00 bits per heavy atom. The normalized spacial score (nSPS) is 11.7. The minimum atomic E-state index is -1.08. The van der Waals surface area contributed by atoms with Crippen LogP contribution in [0.15, 0.2) is 42.5 Å². The maximum absolute atomic E-state index is 14.8. The molecule has 0 aliphatic rings. The van der Waals surface area contributed by atoms with E-state index in [1.807, 2.05) is 6.07 Å². The Hall–Kier alpha value is -3.54. The summed E-state index contributed by atoms with van der Waals surface area (Å²) in [6.45, 7) is 2.76. The highest BCUT2D eigenvalue weighted by molar-refractivity contribution is 7.19. The third-order valence-electron chi connectivity index (χ3n) is 4.76. The Morgan fingerprint density at radius 3 is 2.68 bits per heavy atom. The van der Waals surface area contributed by atoms with Crippen molar-refractivity contribution in [2.45, 2.75) is 26.0 Å². The molecule has 11 heteroatoms. The first-order valence-electron chi connectivity index (χ1n) is 10.5. The number of halogens is 1. The van der Waals surface area contributed by atoms with Gasteiger partial charge in [0.15, 0.2) is 0 Å². The van der Waals surface area contributed by atoms with Crippen molar-refractivity contribution in [3.63, 3.8) is 0 Å². The van der Waals surface area contributed by atoms with Crippen LogP contribution in [0.1, 0.15) is 28.5 Å². The van der Waals surface area contributed by atoms with E-state index in [0.29, 0.717) is 52.0 Å². The molecule has 0 spiro atoms. The lowest BCUT2D eigenvalue weighted by atomic mass is 10.0. The number of carboxylic acid groups (broad SMARTS) is 1. The zero-order chi connectivity index (χ0) is 24.7. The number of aliphatic hydroxyl groups is 1. The smallest absolute Gasteiger partial charge is 0.404 e. The average Bonchev–Trinajstić information content (AvgIpc) is 3.17. The molecule has 2 amide bonds. The number of aromatic nitrogens is 1. The van der Waals surface area contributed by atoms with Gasteiger partial charge in [-0.25, -0.2) is 14.2 Å². The second-order valence-electron chi connectivity index (χ2n) is 7.63. The van der Waals surface area contributed by atoms with Crippen LogP contribution in [0.25, 0.3) is 10.4 Å². The van der Waals surface area contributed by atoms with Crippen LogP contribution in [0, 0.1) is 5.82 Å². The van der Waals surface area contributed by atoms with E-state index in [0.717, 1.165) is 0 Å². The Morgan fingerprint density at radius 1 is 1.21 bits per heavy atom. The quantitative estimate of drug-likeness (QED) is 0.228. The standard InChI is InChI=1S/C23H26FN5O4S/c1-13(30)9-14-5-6-16(18(24)10-14)19-11-17(21(25)31)22(34-19)29-20-4-2-3-15(28-20)12-26-7-8-27-23(32)33/h2-6,10-11,13,26-27,30H,7-9,12H2,1H3,(H2,25,31)(H,28,29)(H,32,33). The van der Waals surface area contributed by atoms with E-state index in [9.17, 15) is 19.1 Å². The molecule has 1 atom stereocenters. The number of aliphatic hydroxyl groups excluding tert-OH is 1. The van der Waals surface area contributed by atoms with Gasteiger partial charge in [-0.2, -0.15) is 0 Å². The van der Waals surface area contributed by atoms with Gasteiger partial charge in [-0.1, -0.05) is 18.2 Å². The van der Waals surface area contributed by atoms with E-state index in [2.05, 4.69) is 20.9 Å². The second kappa shape index (κ2) is 11.5. The van der Waals surface area contributed by atoms with Gasteiger partial charge in [0.05, 0.1) is 17.4 Å². The summed E-state index contributed by atoms with van der Waals surface area (Å²) in [6.07, 6.45) is -1.32. The van der Waals surface area contributed by atoms with Crippen molar-refractivity contribution >= 4 is 34.2 Å². The summed E-state index contributed by atoms with van der Waals surface area (Å²) in [5.74, 6) is -0.628. The number of benzene rings is 1. The molecule has 7 N–H and O–H groups in total. The number of hydrogen-bond donors (Lipinski definition) is 6. The number of carbonyl (C=O) groups excluding carboxylic acids is 1. The van der Waals surface area contributed by atoms with Crippen LogP contribution in [-0.2, 0) is 13.0 Å². The van der Waals surface area contributed by atoms with Crippen molar-refractivity contribution in [1.82, 2.24) is 15.6 Å². The first-order valence-corrected chi connectivity index (χ1v) is 11.4. The van der Waals surface area contributed by atoms with Crippen molar-refractivity contribution in [3.8, 4) is 10.4 Å². The largest absolute Gasteiger partial charge is 0.465 e. The minimum Gasteiger partial charge on any atom is -0.465 e. The fraction of sp³-hybridized carbons (Fsp3) is 0.261. The number of anilines is 2. The number of carbonyl (C=O) groups is 2. The van der Waals surface area contributed by atoms with Crippen molar-refractivity contribution < 1.29 is 24.2 Å². The highest BCUT2D eigenvalue weighted by atomic mass is 32.1. The van der Waals surface area contributed by atoms with E-state index in [1.54, 1.807) is 37.3 Å². The Balaban J connectivity index is 1.76. The molecule has 3 rings (SSSR count). The highest BCUT2D eigenvalue weighted by Gasteiger charge is 2.18. The second-order valence-corrected chi connectivity index (χ2v) is 8.69. The number of nitrogens with zero attached hydrogens (tertiary/aromatic N) is 1. The number of hydrogen-bond acceptors (Lipinski definition) is 7. The lowest BCUT2D eigenvalue weighted by Gasteiger charge is -2.08. The van der Waals surface area contributed by atoms with Gasteiger partial charge in [0.1, 0.15) is 16.6 Å². The summed E-state index contributed by atoms with van der Waals surface area (Å²) < 4.78 is 14.8. The van der Waals surface area contributed by atoms with Crippen LogP contribution in [0.3, 0.4) is 0 Å². The molecule has 0 saturated carbocycles. The third-order valence-corrected chi connectivity index (χ3v) is 5.84. The number of pyridine rings is 1. The van der Waals surface area contributed by atoms with Crippen molar-refractivity contribution in [1.29, 1.82) is 0 Å². The number of nitrogens with two attached hydrogens (primary N) is 1. The third kappa shape index (κ3) is 6.98. The molecule has 1 unspecified atom stereocenters. The first-order chi connectivity index (χ1) is 16.2. The molecule has 2 heterocycles. The molecule has 1 aromatic carbocycles. The number of amides is 2. The zero-order valence-electron chi connectivity index (χ0n) is 18.5.